The van der Waals surface area contributed by atoms with Crippen LogP contribution in [-0.2, 0) is 19.9 Å². The Morgan fingerprint density at radius 3 is 2.19 bits per heavy atom. The number of hydrogen-bond acceptors (Lipinski definition) is 13. The number of rotatable bonds is 4. The van der Waals surface area contributed by atoms with Crippen molar-refractivity contribution in [3.8, 4) is 5.75 Å². The van der Waals surface area contributed by atoms with Crippen molar-refractivity contribution in [2.24, 2.45) is 5.14 Å². The lowest BCUT2D eigenvalue weighted by Crippen LogP contribution is -2.66. The molecule has 2 heterocycles. The Kier molecular flexibility index (Phi) is 4.76. The molecule has 10 N–H and O–H groups in total. The number of sulfonamides is 1. The minimum atomic E-state index is -5.01. The van der Waals surface area contributed by atoms with Gasteiger partial charge in [0.15, 0.2) is 9.96 Å². The number of fused-ring (bicyclic) bond motifs is 1. The largest absolute Gasteiger partial charge is 0.505 e. The van der Waals surface area contributed by atoms with Crippen molar-refractivity contribution < 1.29 is 52.6 Å². The minimum Gasteiger partial charge on any atom is -0.505 e. The molecule has 150 valence electrons. The van der Waals surface area contributed by atoms with E-state index in [1.807, 2.05) is 5.32 Å². The molecule has 2 unspecified atom stereocenters. The summed E-state index contributed by atoms with van der Waals surface area (Å²) in [6, 6.07) is -2.17. The Morgan fingerprint density at radius 2 is 1.77 bits per heavy atom. The van der Waals surface area contributed by atoms with E-state index in [0.717, 1.165) is 0 Å². The fraction of sp³-hybridized carbons (Fsp3) is 0.600. The van der Waals surface area contributed by atoms with E-state index in [1.165, 1.54) is 0 Å². The van der Waals surface area contributed by atoms with Gasteiger partial charge in [0.1, 0.15) is 4.21 Å². The zero-order chi connectivity index (χ0) is 20.5. The van der Waals surface area contributed by atoms with Crippen LogP contribution in [0.2, 0.25) is 0 Å². The molecule has 0 aromatic carbocycles. The first-order chi connectivity index (χ1) is 11.4. The van der Waals surface area contributed by atoms with Crippen molar-refractivity contribution in [1.29, 1.82) is 0 Å². The van der Waals surface area contributed by atoms with E-state index in [9.17, 15) is 37.3 Å². The van der Waals surface area contributed by atoms with Gasteiger partial charge in [-0.2, -0.15) is 0 Å². The van der Waals surface area contributed by atoms with Gasteiger partial charge in [-0.05, 0) is 6.92 Å². The van der Waals surface area contributed by atoms with Crippen LogP contribution in [0, 0.1) is 0 Å². The summed E-state index contributed by atoms with van der Waals surface area (Å²) in [5.41, 5.74) is -0.889. The molecule has 0 saturated carbocycles. The molecule has 13 nitrogen and oxygen atoms in total. The highest BCUT2D eigenvalue weighted by Gasteiger charge is 2.66. The molecule has 26 heavy (non-hydrogen) atoms. The summed E-state index contributed by atoms with van der Waals surface area (Å²) >= 11 is -0.0447. The number of hydrogen-bond donors (Lipinski definition) is 9. The van der Waals surface area contributed by atoms with Crippen LogP contribution in [0.3, 0.4) is 0 Å². The van der Waals surface area contributed by atoms with Crippen molar-refractivity contribution in [2.75, 3.05) is 6.54 Å². The van der Waals surface area contributed by atoms with Crippen LogP contribution in [0.5, 0.6) is 5.75 Å². The number of aromatic hydroxyl groups is 1. The molecule has 0 amide bonds. The Bertz CT molecular complexity index is 940. The van der Waals surface area contributed by atoms with E-state index in [0.29, 0.717) is 6.92 Å². The first-order valence-corrected chi connectivity index (χ1v) is 10.4. The Morgan fingerprint density at radius 1 is 1.27 bits per heavy atom. The second-order valence-corrected chi connectivity index (χ2v) is 11.0. The maximum Gasteiger partial charge on any atom is 0.288 e. The van der Waals surface area contributed by atoms with Crippen LogP contribution >= 0.6 is 11.3 Å². The molecule has 0 fully saturated rings. The molecular weight excluding hydrogens is 420 g/mol. The lowest BCUT2D eigenvalue weighted by atomic mass is 9.94. The molecule has 0 bridgehead atoms. The van der Waals surface area contributed by atoms with Crippen molar-refractivity contribution >= 4 is 31.2 Å². The van der Waals surface area contributed by atoms with Gasteiger partial charge in [0.2, 0.25) is 20.6 Å². The summed E-state index contributed by atoms with van der Waals surface area (Å²) in [5.74, 6) is -8.23. The maximum absolute atomic E-state index is 12.5. The normalized spacial score (nSPS) is 27.9. The Labute approximate surface area is 150 Å². The fourth-order valence-corrected chi connectivity index (χ4v) is 6.88. The lowest BCUT2D eigenvalue weighted by molar-refractivity contribution is -0.312. The topological polar surface area (TPSA) is 248 Å². The standard InChI is InChI=1S/C10H16N2O11S3/c1-8(14)10(18,19)5(12-2-9(15,16)17)3-4(13)7(26(11,22)23)24-6(3)25(8,20)21/h5,12-19H,2H2,1H3,(H2,11,22,23). The van der Waals surface area contributed by atoms with Gasteiger partial charge in [-0.3, -0.25) is 5.32 Å². The SMILES string of the molecule is CC1(O)C(O)(O)C(NCC(O)(O)O)c2c(sc(S(N)(=O)=O)c2O)S1(=O)=O. The van der Waals surface area contributed by atoms with Crippen LogP contribution in [-0.4, -0.2) is 75.8 Å². The number of sulfone groups is 1. The molecule has 0 saturated heterocycles. The maximum atomic E-state index is 12.5. The van der Waals surface area contributed by atoms with Crippen molar-refractivity contribution in [1.82, 2.24) is 5.32 Å². The predicted molar refractivity (Wildman–Crippen MR) is 82.5 cm³/mol. The number of aliphatic hydroxyl groups is 6. The fourth-order valence-electron chi connectivity index (χ4n) is 2.37. The molecule has 16 heteroatoms. The molecule has 0 radical (unpaired) electrons. The molecule has 1 aliphatic rings. The second-order valence-electron chi connectivity index (χ2n) is 5.78. The first kappa shape index (κ1) is 21.4. The van der Waals surface area contributed by atoms with E-state index in [2.05, 4.69) is 0 Å². The van der Waals surface area contributed by atoms with Gasteiger partial charge in [-0.15, -0.1) is 11.3 Å². The summed E-state index contributed by atoms with van der Waals surface area (Å²) < 4.78 is 46.1. The average molecular weight is 436 g/mol. The number of nitrogens with two attached hydrogens (primary N) is 1. The van der Waals surface area contributed by atoms with Crippen molar-refractivity contribution in [3.05, 3.63) is 5.56 Å². The third-order valence-corrected chi connectivity index (χ3v) is 9.20. The summed E-state index contributed by atoms with van der Waals surface area (Å²) in [6.07, 6.45) is 0. The van der Waals surface area contributed by atoms with Gasteiger partial charge in [-0.1, -0.05) is 0 Å². The summed E-state index contributed by atoms with van der Waals surface area (Å²) in [5, 5.41) is 74.3. The van der Waals surface area contributed by atoms with Crippen LogP contribution in [0.25, 0.3) is 0 Å². The highest BCUT2D eigenvalue weighted by molar-refractivity contribution is 7.96. The van der Waals surface area contributed by atoms with Gasteiger partial charge in [-0.25, -0.2) is 22.0 Å². The van der Waals surface area contributed by atoms with E-state index >= 15 is 0 Å². The van der Waals surface area contributed by atoms with Gasteiger partial charge < -0.3 is 35.7 Å². The summed E-state index contributed by atoms with van der Waals surface area (Å²) in [4.78, 5) is -3.32. The average Bonchev–Trinajstić information content (AvgIpc) is 2.74. The number of thiophene rings is 1. The van der Waals surface area contributed by atoms with Gasteiger partial charge >= 0.3 is 0 Å². The first-order valence-electron chi connectivity index (χ1n) is 6.56. The van der Waals surface area contributed by atoms with E-state index in [1.54, 1.807) is 0 Å². The molecule has 0 aliphatic carbocycles. The highest BCUT2D eigenvalue weighted by Crippen LogP contribution is 2.54. The third-order valence-electron chi connectivity index (χ3n) is 3.80. The summed E-state index contributed by atoms with van der Waals surface area (Å²) in [7, 11) is -9.65. The highest BCUT2D eigenvalue weighted by atomic mass is 32.3. The minimum absolute atomic E-state index is 0.0447. The Balaban J connectivity index is 2.84. The smallest absolute Gasteiger partial charge is 0.288 e. The summed E-state index contributed by atoms with van der Waals surface area (Å²) in [6.45, 7) is -0.715. The monoisotopic (exact) mass is 436 g/mol. The van der Waals surface area contributed by atoms with E-state index in [4.69, 9.17) is 20.5 Å². The molecule has 1 aromatic rings. The molecular formula is C10H16N2O11S3. The van der Waals surface area contributed by atoms with Crippen molar-refractivity contribution in [3.63, 3.8) is 0 Å². The van der Waals surface area contributed by atoms with E-state index in [-0.39, 0.29) is 11.3 Å². The second kappa shape index (κ2) is 5.79. The third kappa shape index (κ3) is 3.02. The number of primary sulfonamides is 1. The van der Waals surface area contributed by atoms with Gasteiger partial charge in [0.05, 0.1) is 12.6 Å². The van der Waals surface area contributed by atoms with Crippen LogP contribution in [0.15, 0.2) is 8.42 Å². The van der Waals surface area contributed by atoms with Crippen LogP contribution in [0.1, 0.15) is 18.5 Å². The van der Waals surface area contributed by atoms with Crippen LogP contribution in [0.4, 0.5) is 0 Å². The molecule has 0 spiro atoms. The zero-order valence-corrected chi connectivity index (χ0v) is 15.3. The van der Waals surface area contributed by atoms with Crippen LogP contribution < -0.4 is 10.5 Å². The quantitative estimate of drug-likeness (QED) is 0.203. The molecule has 2 rings (SSSR count). The Hall–Kier alpha value is -0.920. The molecule has 1 aliphatic heterocycles. The van der Waals surface area contributed by atoms with E-state index < -0.39 is 68.9 Å². The van der Waals surface area contributed by atoms with Gasteiger partial charge in [0, 0.05) is 5.56 Å². The zero-order valence-electron chi connectivity index (χ0n) is 12.9. The molecule has 1 aromatic heterocycles. The van der Waals surface area contributed by atoms with Crippen molar-refractivity contribution in [2.45, 2.75) is 38.1 Å². The number of nitrogens with one attached hydrogen (secondary N) is 1. The van der Waals surface area contributed by atoms with Gasteiger partial charge in [0.25, 0.3) is 16.0 Å². The predicted octanol–water partition coefficient (Wildman–Crippen LogP) is -4.46. The lowest BCUT2D eigenvalue weighted by Gasteiger charge is -2.45. The molecule has 2 atom stereocenters.